The Labute approximate surface area is 128 Å². The Bertz CT molecular complexity index is 774. The Balaban J connectivity index is 1.58. The molecule has 0 spiro atoms. The van der Waals surface area contributed by atoms with Crippen LogP contribution >= 0.6 is 11.3 Å². The van der Waals surface area contributed by atoms with Crippen LogP contribution in [0.1, 0.15) is 28.5 Å². The summed E-state index contributed by atoms with van der Waals surface area (Å²) in [6.45, 7) is 0. The molecule has 1 unspecified atom stereocenters. The fraction of sp³-hybridized carbons (Fsp3) is 0.278. The van der Waals surface area contributed by atoms with Gasteiger partial charge in [0.25, 0.3) is 0 Å². The van der Waals surface area contributed by atoms with Crippen LogP contribution in [0.4, 0.5) is 0 Å². The van der Waals surface area contributed by atoms with Gasteiger partial charge in [-0.05, 0) is 47.8 Å². The van der Waals surface area contributed by atoms with E-state index in [9.17, 15) is 0 Å². The average molecular weight is 292 g/mol. The van der Waals surface area contributed by atoms with E-state index >= 15 is 0 Å². The highest BCUT2D eigenvalue weighted by molar-refractivity contribution is 7.10. The molecule has 5 rings (SSSR count). The van der Waals surface area contributed by atoms with Gasteiger partial charge in [0.05, 0.1) is 24.3 Å². The van der Waals surface area contributed by atoms with Crippen molar-refractivity contribution in [1.29, 1.82) is 0 Å². The van der Waals surface area contributed by atoms with Crippen LogP contribution in [0, 0.1) is 5.92 Å². The van der Waals surface area contributed by atoms with Crippen LogP contribution in [-0.2, 0) is 12.8 Å². The lowest BCUT2D eigenvalue weighted by Gasteiger charge is -2.30. The van der Waals surface area contributed by atoms with Gasteiger partial charge < -0.3 is 4.57 Å². The number of fused-ring (bicyclic) bond motifs is 4. The zero-order chi connectivity index (χ0) is 13.8. The van der Waals surface area contributed by atoms with Crippen molar-refractivity contribution in [3.05, 3.63) is 64.2 Å². The third kappa shape index (κ3) is 1.61. The highest BCUT2D eigenvalue weighted by atomic mass is 32.1. The van der Waals surface area contributed by atoms with E-state index < -0.39 is 0 Å². The van der Waals surface area contributed by atoms with Gasteiger partial charge in [-0.3, -0.25) is 0 Å². The molecule has 2 atom stereocenters. The predicted octanol–water partition coefficient (Wildman–Crippen LogP) is 4.32. The molecule has 0 bridgehead atoms. The third-order valence-electron chi connectivity index (χ3n) is 5.04. The molecule has 0 radical (unpaired) electrons. The normalized spacial score (nSPS) is 22.7. The fourth-order valence-corrected chi connectivity index (χ4v) is 5.16. The van der Waals surface area contributed by atoms with Crippen molar-refractivity contribution in [2.75, 3.05) is 0 Å². The van der Waals surface area contributed by atoms with E-state index in [1.165, 1.54) is 35.4 Å². The van der Waals surface area contributed by atoms with Gasteiger partial charge in [-0.2, -0.15) is 0 Å². The van der Waals surface area contributed by atoms with Gasteiger partial charge in [0, 0.05) is 10.4 Å². The summed E-state index contributed by atoms with van der Waals surface area (Å²) in [7, 11) is 0. The molecule has 3 aromatic rings. The second-order valence-electron chi connectivity index (χ2n) is 6.10. The summed E-state index contributed by atoms with van der Waals surface area (Å²) in [5.41, 5.74) is 5.79. The van der Waals surface area contributed by atoms with E-state index in [1.807, 2.05) is 23.9 Å². The maximum Gasteiger partial charge on any atom is 0.0957 e. The van der Waals surface area contributed by atoms with Crippen LogP contribution in [0.5, 0.6) is 0 Å². The number of imidazole rings is 1. The number of rotatable bonds is 1. The fourth-order valence-electron chi connectivity index (χ4n) is 4.06. The highest BCUT2D eigenvalue weighted by Crippen LogP contribution is 2.48. The van der Waals surface area contributed by atoms with Gasteiger partial charge in [-0.15, -0.1) is 11.3 Å². The maximum absolute atomic E-state index is 4.38. The number of hydrogen-bond donors (Lipinski definition) is 0. The first-order chi connectivity index (χ1) is 10.4. The Morgan fingerprint density at radius 3 is 3.00 bits per heavy atom. The van der Waals surface area contributed by atoms with Crippen LogP contribution in [0.15, 0.2) is 48.2 Å². The summed E-state index contributed by atoms with van der Waals surface area (Å²) in [4.78, 5) is 5.92. The van der Waals surface area contributed by atoms with Gasteiger partial charge in [0.15, 0.2) is 0 Å². The van der Waals surface area contributed by atoms with Crippen LogP contribution in [0.2, 0.25) is 0 Å². The second kappa shape index (κ2) is 4.31. The monoisotopic (exact) mass is 292 g/mol. The summed E-state index contributed by atoms with van der Waals surface area (Å²) in [5, 5.41) is 2.23. The summed E-state index contributed by atoms with van der Waals surface area (Å²) < 4.78 is 2.40. The van der Waals surface area contributed by atoms with Crippen LogP contribution in [0.3, 0.4) is 0 Å². The lowest BCUT2D eigenvalue weighted by molar-refractivity contribution is 0.351. The largest absolute Gasteiger partial charge is 0.322 e. The summed E-state index contributed by atoms with van der Waals surface area (Å²) in [6, 6.07) is 11.7. The SMILES string of the molecule is c1ccc2c(c1)CCC([C@@H]1c3sccc3-c3cncn31)C2. The summed E-state index contributed by atoms with van der Waals surface area (Å²) in [6.07, 6.45) is 7.71. The quantitative estimate of drug-likeness (QED) is 0.653. The zero-order valence-electron chi connectivity index (χ0n) is 11.7. The van der Waals surface area contributed by atoms with Gasteiger partial charge in [-0.25, -0.2) is 4.98 Å². The lowest BCUT2D eigenvalue weighted by Crippen LogP contribution is -2.23. The molecular weight excluding hydrogens is 276 g/mol. The van der Waals surface area contributed by atoms with Crippen molar-refractivity contribution in [2.24, 2.45) is 5.92 Å². The molecule has 0 N–H and O–H groups in total. The minimum absolute atomic E-state index is 0.492. The molecule has 2 aromatic heterocycles. The standard InChI is InChI=1S/C18H16N2S/c1-2-4-13-9-14(6-5-12(13)3-1)17-18-15(7-8-21-18)16-10-19-11-20(16)17/h1-4,7-8,10-11,14,17H,5-6,9H2/t14?,17-/m1/s1. The molecule has 3 heteroatoms. The maximum atomic E-state index is 4.38. The van der Waals surface area contributed by atoms with Crippen molar-refractivity contribution in [2.45, 2.75) is 25.3 Å². The first-order valence-corrected chi connectivity index (χ1v) is 8.46. The smallest absolute Gasteiger partial charge is 0.0957 e. The van der Waals surface area contributed by atoms with Gasteiger partial charge in [0.1, 0.15) is 0 Å². The molecular formula is C18H16N2S. The molecule has 1 aliphatic heterocycles. The van der Waals surface area contributed by atoms with Gasteiger partial charge in [-0.1, -0.05) is 24.3 Å². The Morgan fingerprint density at radius 2 is 2.05 bits per heavy atom. The molecule has 0 saturated heterocycles. The first-order valence-electron chi connectivity index (χ1n) is 7.58. The number of benzene rings is 1. The average Bonchev–Trinajstić information content (AvgIpc) is 3.19. The molecule has 0 amide bonds. The van der Waals surface area contributed by atoms with Crippen molar-refractivity contribution < 1.29 is 0 Å². The van der Waals surface area contributed by atoms with Crippen molar-refractivity contribution >= 4 is 11.3 Å². The molecule has 21 heavy (non-hydrogen) atoms. The lowest BCUT2D eigenvalue weighted by atomic mass is 9.80. The van der Waals surface area contributed by atoms with E-state index in [0.717, 1.165) is 0 Å². The van der Waals surface area contributed by atoms with Crippen LogP contribution in [0.25, 0.3) is 11.3 Å². The van der Waals surface area contributed by atoms with Gasteiger partial charge in [0.2, 0.25) is 0 Å². The molecule has 1 aliphatic carbocycles. The Kier molecular flexibility index (Phi) is 2.41. The number of aryl methyl sites for hydroxylation is 1. The zero-order valence-corrected chi connectivity index (χ0v) is 12.5. The van der Waals surface area contributed by atoms with Crippen LogP contribution in [-0.4, -0.2) is 9.55 Å². The van der Waals surface area contributed by atoms with Crippen LogP contribution < -0.4 is 0 Å². The van der Waals surface area contributed by atoms with E-state index in [0.29, 0.717) is 12.0 Å². The predicted molar refractivity (Wildman–Crippen MR) is 85.6 cm³/mol. The highest BCUT2D eigenvalue weighted by Gasteiger charge is 2.36. The van der Waals surface area contributed by atoms with Crippen molar-refractivity contribution in [1.82, 2.24) is 9.55 Å². The number of aromatic nitrogens is 2. The Hall–Kier alpha value is -1.87. The van der Waals surface area contributed by atoms with E-state index in [-0.39, 0.29) is 0 Å². The number of nitrogens with zero attached hydrogens (tertiary/aromatic N) is 2. The van der Waals surface area contributed by atoms with Gasteiger partial charge >= 0.3 is 0 Å². The molecule has 2 nitrogen and oxygen atoms in total. The molecule has 0 saturated carbocycles. The van der Waals surface area contributed by atoms with E-state index in [2.05, 4.69) is 45.3 Å². The van der Waals surface area contributed by atoms with E-state index in [1.54, 1.807) is 11.1 Å². The molecule has 0 fully saturated rings. The number of thiophene rings is 1. The topological polar surface area (TPSA) is 17.8 Å². The molecule has 104 valence electrons. The first kappa shape index (κ1) is 11.8. The molecule has 3 heterocycles. The summed E-state index contributed by atoms with van der Waals surface area (Å²) >= 11 is 1.91. The van der Waals surface area contributed by atoms with Crippen molar-refractivity contribution in [3.8, 4) is 11.3 Å². The van der Waals surface area contributed by atoms with E-state index in [4.69, 9.17) is 0 Å². The van der Waals surface area contributed by atoms with Crippen molar-refractivity contribution in [3.63, 3.8) is 0 Å². The second-order valence-corrected chi connectivity index (χ2v) is 7.05. The minimum atomic E-state index is 0.492. The number of hydrogen-bond acceptors (Lipinski definition) is 2. The third-order valence-corrected chi connectivity index (χ3v) is 6.02. The summed E-state index contributed by atoms with van der Waals surface area (Å²) in [5.74, 6) is 0.688. The minimum Gasteiger partial charge on any atom is -0.322 e. The Morgan fingerprint density at radius 1 is 1.14 bits per heavy atom. The molecule has 2 aliphatic rings. The molecule has 1 aromatic carbocycles.